The van der Waals surface area contributed by atoms with Crippen LogP contribution in [0.3, 0.4) is 0 Å². The number of rotatable bonds is 12. The molecule has 45 heavy (non-hydrogen) atoms. The molecule has 3 aromatic carbocycles. The van der Waals surface area contributed by atoms with Gasteiger partial charge in [-0.2, -0.15) is 5.10 Å². The number of benzene rings is 3. The summed E-state index contributed by atoms with van der Waals surface area (Å²) in [5.74, 6) is 0.202. The third-order valence-electron chi connectivity index (χ3n) is 7.18. The van der Waals surface area contributed by atoms with Gasteiger partial charge in [0.25, 0.3) is 0 Å². The van der Waals surface area contributed by atoms with Crippen molar-refractivity contribution < 1.29 is 28.9 Å². The SMILES string of the molecule is CCOc1cc([C@H]2NC(=O)NC(C)=C2C(=O)OC)ccc1OC[C@@H](O)N/N=C/c1cn(Cc2ccc(Br)cc2)c2ccccc12. The number of urea groups is 1. The Morgan fingerprint density at radius 1 is 1.13 bits per heavy atom. The molecule has 1 aliphatic heterocycles. The average molecular weight is 677 g/mol. The molecule has 2 heterocycles. The van der Waals surface area contributed by atoms with E-state index in [1.165, 1.54) is 12.7 Å². The van der Waals surface area contributed by atoms with Crippen LogP contribution in [-0.2, 0) is 16.1 Å². The third kappa shape index (κ3) is 7.47. The minimum absolute atomic E-state index is 0.126. The van der Waals surface area contributed by atoms with E-state index in [1.807, 2.05) is 43.5 Å². The number of ether oxygens (including phenoxy) is 3. The second-order valence-corrected chi connectivity index (χ2v) is 11.2. The van der Waals surface area contributed by atoms with Crippen LogP contribution in [0.25, 0.3) is 10.9 Å². The minimum Gasteiger partial charge on any atom is -0.490 e. The molecule has 11 nitrogen and oxygen atoms in total. The first-order chi connectivity index (χ1) is 21.8. The summed E-state index contributed by atoms with van der Waals surface area (Å²) in [5.41, 5.74) is 7.14. The van der Waals surface area contributed by atoms with Crippen LogP contribution in [0.15, 0.2) is 93.8 Å². The predicted molar refractivity (Wildman–Crippen MR) is 174 cm³/mol. The van der Waals surface area contributed by atoms with Crippen molar-refractivity contribution in [2.24, 2.45) is 5.10 Å². The van der Waals surface area contributed by atoms with Gasteiger partial charge in [0.05, 0.1) is 31.5 Å². The molecule has 0 aliphatic carbocycles. The zero-order valence-corrected chi connectivity index (χ0v) is 26.6. The maximum absolute atomic E-state index is 12.5. The highest BCUT2D eigenvalue weighted by molar-refractivity contribution is 9.10. The van der Waals surface area contributed by atoms with E-state index in [0.29, 0.717) is 35.9 Å². The molecule has 12 heteroatoms. The lowest BCUT2D eigenvalue weighted by molar-refractivity contribution is -0.136. The second-order valence-electron chi connectivity index (χ2n) is 10.3. The number of amides is 2. The number of methoxy groups -OCH3 is 1. The van der Waals surface area contributed by atoms with Gasteiger partial charge >= 0.3 is 12.0 Å². The van der Waals surface area contributed by atoms with Crippen LogP contribution in [0, 0.1) is 0 Å². The lowest BCUT2D eigenvalue weighted by atomic mass is 9.95. The molecule has 1 aromatic heterocycles. The molecule has 0 saturated carbocycles. The average Bonchev–Trinajstić information content (AvgIpc) is 3.37. The number of hydrogen-bond donors (Lipinski definition) is 4. The summed E-state index contributed by atoms with van der Waals surface area (Å²) in [6.07, 6.45) is 2.59. The first-order valence-corrected chi connectivity index (χ1v) is 15.1. The van der Waals surface area contributed by atoms with Crippen molar-refractivity contribution >= 4 is 45.0 Å². The highest BCUT2D eigenvalue weighted by Gasteiger charge is 2.32. The van der Waals surface area contributed by atoms with Crippen LogP contribution in [0.1, 0.15) is 36.6 Å². The highest BCUT2D eigenvalue weighted by atomic mass is 79.9. The van der Waals surface area contributed by atoms with Gasteiger partial charge < -0.3 is 34.5 Å². The molecule has 0 bridgehead atoms. The molecule has 0 saturated heterocycles. The number of halogens is 1. The van der Waals surface area contributed by atoms with E-state index < -0.39 is 24.3 Å². The number of para-hydroxylation sites is 1. The number of aromatic nitrogens is 1. The van der Waals surface area contributed by atoms with Gasteiger partial charge in [-0.25, -0.2) is 9.59 Å². The van der Waals surface area contributed by atoms with E-state index in [0.717, 1.165) is 20.9 Å². The van der Waals surface area contributed by atoms with E-state index in [1.54, 1.807) is 31.3 Å². The van der Waals surface area contributed by atoms with Crippen LogP contribution in [0.5, 0.6) is 11.5 Å². The molecule has 5 rings (SSSR count). The van der Waals surface area contributed by atoms with E-state index in [9.17, 15) is 14.7 Å². The van der Waals surface area contributed by atoms with E-state index in [2.05, 4.69) is 59.9 Å². The monoisotopic (exact) mass is 675 g/mol. The quantitative estimate of drug-likeness (QED) is 0.0721. The summed E-state index contributed by atoms with van der Waals surface area (Å²) in [7, 11) is 1.28. The number of aliphatic hydroxyl groups is 1. The largest absolute Gasteiger partial charge is 0.490 e. The van der Waals surface area contributed by atoms with Crippen molar-refractivity contribution in [2.45, 2.75) is 32.7 Å². The summed E-state index contributed by atoms with van der Waals surface area (Å²) in [4.78, 5) is 24.7. The van der Waals surface area contributed by atoms with Crippen molar-refractivity contribution in [3.05, 3.63) is 105 Å². The Morgan fingerprint density at radius 3 is 2.67 bits per heavy atom. The fourth-order valence-electron chi connectivity index (χ4n) is 5.11. The van der Waals surface area contributed by atoms with Crippen LogP contribution in [0.2, 0.25) is 0 Å². The topological polar surface area (TPSA) is 135 Å². The Kier molecular flexibility index (Phi) is 10.1. The number of carbonyl (C=O) groups excluding carboxylic acids is 2. The van der Waals surface area contributed by atoms with Crippen molar-refractivity contribution in [3.63, 3.8) is 0 Å². The number of hydrogen-bond acceptors (Lipinski definition) is 8. The van der Waals surface area contributed by atoms with Crippen LogP contribution >= 0.6 is 15.9 Å². The molecular formula is C33H34BrN5O6. The van der Waals surface area contributed by atoms with Crippen molar-refractivity contribution in [3.8, 4) is 11.5 Å². The standard InChI is InChI=1S/C33H34BrN5O6/c1-4-44-28-15-22(31-30(32(41)43-3)20(2)36-33(42)37-31)11-14-27(28)45-19-29(40)38-35-16-23-18-39(26-8-6-5-7-25(23)26)17-21-9-12-24(34)13-10-21/h5-16,18,29,31,38,40H,4,17,19H2,1-3H3,(H2,36,37,42)/b35-16+/t29-,31-/m1/s1. The Hall–Kier alpha value is -4.81. The minimum atomic E-state index is -1.12. The number of nitrogens with one attached hydrogen (secondary N) is 3. The normalized spacial score (nSPS) is 15.5. The van der Waals surface area contributed by atoms with Crippen molar-refractivity contribution in [2.75, 3.05) is 20.3 Å². The number of esters is 1. The summed E-state index contributed by atoms with van der Waals surface area (Å²) in [6.45, 7) is 4.39. The molecule has 4 aromatic rings. The Labute approximate surface area is 269 Å². The van der Waals surface area contributed by atoms with Gasteiger partial charge in [0.1, 0.15) is 6.61 Å². The molecular weight excluding hydrogens is 642 g/mol. The third-order valence-corrected chi connectivity index (χ3v) is 7.71. The van der Waals surface area contributed by atoms with Gasteiger partial charge in [-0.3, -0.25) is 5.43 Å². The molecule has 234 valence electrons. The van der Waals surface area contributed by atoms with Crippen LogP contribution in [0.4, 0.5) is 4.79 Å². The fraction of sp³-hybridized carbons (Fsp3) is 0.242. The molecule has 0 radical (unpaired) electrons. The molecule has 0 spiro atoms. The summed E-state index contributed by atoms with van der Waals surface area (Å²) in [5, 5.41) is 21.2. The van der Waals surface area contributed by atoms with Crippen molar-refractivity contribution in [1.29, 1.82) is 0 Å². The fourth-order valence-corrected chi connectivity index (χ4v) is 5.37. The van der Waals surface area contributed by atoms with Gasteiger partial charge in [0, 0.05) is 39.4 Å². The number of fused-ring (bicyclic) bond motifs is 1. The molecule has 0 fully saturated rings. The number of allylic oxidation sites excluding steroid dienone is 1. The number of nitrogens with zero attached hydrogens (tertiary/aromatic N) is 2. The van der Waals surface area contributed by atoms with Crippen LogP contribution < -0.4 is 25.5 Å². The molecule has 0 unspecified atom stereocenters. The van der Waals surface area contributed by atoms with E-state index in [4.69, 9.17) is 14.2 Å². The lowest BCUT2D eigenvalue weighted by Gasteiger charge is -2.28. The first-order valence-electron chi connectivity index (χ1n) is 14.3. The Morgan fingerprint density at radius 2 is 1.91 bits per heavy atom. The highest BCUT2D eigenvalue weighted by Crippen LogP contribution is 2.35. The maximum atomic E-state index is 12.5. The van der Waals surface area contributed by atoms with Gasteiger partial charge in [-0.1, -0.05) is 52.3 Å². The zero-order chi connectivity index (χ0) is 31.9. The van der Waals surface area contributed by atoms with Gasteiger partial charge in [-0.15, -0.1) is 0 Å². The maximum Gasteiger partial charge on any atom is 0.337 e. The number of aliphatic hydroxyl groups excluding tert-OH is 1. The molecule has 2 atom stereocenters. The van der Waals surface area contributed by atoms with Gasteiger partial charge in [-0.05, 0) is 55.3 Å². The lowest BCUT2D eigenvalue weighted by Crippen LogP contribution is -2.45. The number of carbonyl (C=O) groups is 2. The van der Waals surface area contributed by atoms with E-state index in [-0.39, 0.29) is 12.2 Å². The molecule has 4 N–H and O–H groups in total. The predicted octanol–water partition coefficient (Wildman–Crippen LogP) is 4.97. The van der Waals surface area contributed by atoms with Gasteiger partial charge in [0.15, 0.2) is 17.7 Å². The molecule has 1 aliphatic rings. The Bertz CT molecular complexity index is 1750. The molecule has 2 amide bonds. The van der Waals surface area contributed by atoms with Crippen LogP contribution in [-0.4, -0.2) is 54.4 Å². The van der Waals surface area contributed by atoms with E-state index >= 15 is 0 Å². The Balaban J connectivity index is 1.25. The summed E-state index contributed by atoms with van der Waals surface area (Å²) < 4.78 is 19.8. The summed E-state index contributed by atoms with van der Waals surface area (Å²) in [6, 6.07) is 20.2. The first kappa shape index (κ1) is 31.6. The number of hydrazone groups is 1. The smallest absolute Gasteiger partial charge is 0.337 e. The second kappa shape index (κ2) is 14.3. The van der Waals surface area contributed by atoms with Gasteiger partial charge in [0.2, 0.25) is 0 Å². The summed E-state index contributed by atoms with van der Waals surface area (Å²) >= 11 is 3.48. The zero-order valence-electron chi connectivity index (χ0n) is 25.0. The van der Waals surface area contributed by atoms with Crippen molar-refractivity contribution in [1.82, 2.24) is 20.6 Å².